The zero-order chi connectivity index (χ0) is 16.4. The van der Waals surface area contributed by atoms with Crippen LogP contribution in [0, 0.1) is 19.3 Å². The van der Waals surface area contributed by atoms with E-state index in [1.54, 1.807) is 14.0 Å². The maximum absolute atomic E-state index is 12.9. The minimum absolute atomic E-state index is 0.101. The van der Waals surface area contributed by atoms with Crippen molar-refractivity contribution in [3.05, 3.63) is 17.1 Å². The van der Waals surface area contributed by atoms with Gasteiger partial charge in [0.15, 0.2) is 0 Å². The Morgan fingerprint density at radius 3 is 2.24 bits per heavy atom. The Kier molecular flexibility index (Phi) is 5.63. The summed E-state index contributed by atoms with van der Waals surface area (Å²) in [5.41, 5.74) is 0.631. The maximum Gasteiger partial charge on any atom is 0.246 e. The lowest BCUT2D eigenvalue weighted by atomic mass is 9.97. The second kappa shape index (κ2) is 6.50. The van der Waals surface area contributed by atoms with Crippen LogP contribution in [0.15, 0.2) is 9.31 Å². The third-order valence-corrected chi connectivity index (χ3v) is 5.24. The molecule has 0 aliphatic heterocycles. The van der Waals surface area contributed by atoms with Crippen LogP contribution >= 0.6 is 0 Å². The molecule has 0 saturated heterocycles. The first kappa shape index (κ1) is 18.2. The summed E-state index contributed by atoms with van der Waals surface area (Å²) in [6, 6.07) is 0. The largest absolute Gasteiger partial charge is 0.465 e. The molecule has 1 rings (SSSR count). The van der Waals surface area contributed by atoms with Crippen molar-refractivity contribution in [2.75, 3.05) is 20.1 Å². The van der Waals surface area contributed by atoms with Gasteiger partial charge in [0, 0.05) is 25.7 Å². The minimum atomic E-state index is -3.54. The Morgan fingerprint density at radius 1 is 1.19 bits per heavy atom. The fourth-order valence-corrected chi connectivity index (χ4v) is 4.21. The highest BCUT2D eigenvalue weighted by Crippen LogP contribution is 2.30. The van der Waals surface area contributed by atoms with E-state index in [1.807, 2.05) is 34.6 Å². The van der Waals surface area contributed by atoms with E-state index in [-0.39, 0.29) is 5.41 Å². The second-order valence-corrected chi connectivity index (χ2v) is 8.61. The van der Waals surface area contributed by atoms with Crippen LogP contribution in [-0.2, 0) is 16.6 Å². The van der Waals surface area contributed by atoms with Gasteiger partial charge in [-0.15, -0.1) is 0 Å². The molecule has 1 aromatic rings. The van der Waals surface area contributed by atoms with Crippen molar-refractivity contribution in [3.8, 4) is 0 Å². The highest BCUT2D eigenvalue weighted by Gasteiger charge is 2.32. The smallest absolute Gasteiger partial charge is 0.246 e. The van der Waals surface area contributed by atoms with Crippen LogP contribution in [-0.4, -0.2) is 32.9 Å². The number of hydrogen-bond acceptors (Lipinski definition) is 4. The maximum atomic E-state index is 12.9. The van der Waals surface area contributed by atoms with Crippen molar-refractivity contribution in [1.29, 1.82) is 0 Å². The fourth-order valence-electron chi connectivity index (χ4n) is 2.41. The van der Waals surface area contributed by atoms with Crippen molar-refractivity contribution < 1.29 is 12.8 Å². The van der Waals surface area contributed by atoms with Crippen molar-refractivity contribution in [3.63, 3.8) is 0 Å². The SMILES string of the molecule is CCNCc1c(C)oc(C)c1S(=O)(=O)N(C)CC(C)(C)C. The predicted octanol–water partition coefficient (Wildman–Crippen LogP) is 2.67. The number of nitrogens with zero attached hydrogens (tertiary/aromatic N) is 1. The summed E-state index contributed by atoms with van der Waals surface area (Å²) in [7, 11) is -1.92. The van der Waals surface area contributed by atoms with E-state index in [4.69, 9.17) is 4.42 Å². The summed E-state index contributed by atoms with van der Waals surface area (Å²) in [6.45, 7) is 13.3. The Hall–Kier alpha value is -0.850. The summed E-state index contributed by atoms with van der Waals surface area (Å²) < 4.78 is 32.7. The standard InChI is InChI=1S/C15H28N2O3S/c1-8-16-9-13-11(2)20-12(3)14(13)21(18,19)17(7)10-15(4,5)6/h16H,8-10H2,1-7H3. The van der Waals surface area contributed by atoms with E-state index in [0.29, 0.717) is 29.5 Å². The molecule has 122 valence electrons. The van der Waals surface area contributed by atoms with E-state index in [0.717, 1.165) is 12.1 Å². The molecule has 0 amide bonds. The molecule has 0 spiro atoms. The van der Waals surface area contributed by atoms with Crippen LogP contribution < -0.4 is 5.32 Å². The molecule has 0 fully saturated rings. The van der Waals surface area contributed by atoms with Crippen molar-refractivity contribution in [1.82, 2.24) is 9.62 Å². The molecule has 6 heteroatoms. The number of hydrogen-bond donors (Lipinski definition) is 1. The Balaban J connectivity index is 3.24. The minimum Gasteiger partial charge on any atom is -0.465 e. The van der Waals surface area contributed by atoms with Crippen molar-refractivity contribution in [2.45, 2.75) is 53.0 Å². The van der Waals surface area contributed by atoms with E-state index >= 15 is 0 Å². The Bertz CT molecular complexity index is 583. The second-order valence-electron chi connectivity index (χ2n) is 6.62. The highest BCUT2D eigenvalue weighted by molar-refractivity contribution is 7.89. The van der Waals surface area contributed by atoms with Gasteiger partial charge < -0.3 is 9.73 Å². The number of rotatable bonds is 6. The zero-order valence-electron chi connectivity index (χ0n) is 14.2. The normalized spacial score (nSPS) is 13.1. The van der Waals surface area contributed by atoms with E-state index in [2.05, 4.69) is 5.32 Å². The van der Waals surface area contributed by atoms with Gasteiger partial charge in [-0.3, -0.25) is 0 Å². The first-order chi connectivity index (χ1) is 9.50. The van der Waals surface area contributed by atoms with Gasteiger partial charge in [-0.25, -0.2) is 12.7 Å². The molecule has 1 aromatic heterocycles. The average molecular weight is 316 g/mol. The summed E-state index contributed by atoms with van der Waals surface area (Å²) in [4.78, 5) is 0.313. The van der Waals surface area contributed by atoms with Gasteiger partial charge in [0.05, 0.1) is 0 Å². The van der Waals surface area contributed by atoms with E-state index in [9.17, 15) is 8.42 Å². The summed E-state index contributed by atoms with van der Waals surface area (Å²) in [6.07, 6.45) is 0. The van der Waals surface area contributed by atoms with Gasteiger partial charge in [-0.1, -0.05) is 27.7 Å². The summed E-state index contributed by atoms with van der Waals surface area (Å²) in [5.74, 6) is 1.12. The van der Waals surface area contributed by atoms with Gasteiger partial charge >= 0.3 is 0 Å². The molecule has 0 saturated carbocycles. The van der Waals surface area contributed by atoms with Crippen LogP contribution in [0.25, 0.3) is 0 Å². The van der Waals surface area contributed by atoms with E-state index in [1.165, 1.54) is 4.31 Å². The highest BCUT2D eigenvalue weighted by atomic mass is 32.2. The number of sulfonamides is 1. The quantitative estimate of drug-likeness (QED) is 0.876. The van der Waals surface area contributed by atoms with Crippen molar-refractivity contribution >= 4 is 10.0 Å². The van der Waals surface area contributed by atoms with Gasteiger partial charge in [-0.05, 0) is 25.8 Å². The first-order valence-electron chi connectivity index (χ1n) is 7.26. The van der Waals surface area contributed by atoms with Crippen LogP contribution in [0.5, 0.6) is 0 Å². The van der Waals surface area contributed by atoms with Crippen molar-refractivity contribution in [2.24, 2.45) is 5.41 Å². The average Bonchev–Trinajstić information content (AvgIpc) is 2.59. The lowest BCUT2D eigenvalue weighted by molar-refractivity contribution is 0.310. The Labute approximate surface area is 128 Å². The molecule has 21 heavy (non-hydrogen) atoms. The molecular weight excluding hydrogens is 288 g/mol. The number of aryl methyl sites for hydroxylation is 2. The van der Waals surface area contributed by atoms with Gasteiger partial charge in [0.2, 0.25) is 10.0 Å². The molecule has 0 aliphatic rings. The predicted molar refractivity (Wildman–Crippen MR) is 84.8 cm³/mol. The summed E-state index contributed by atoms with van der Waals surface area (Å²) in [5, 5.41) is 3.18. The van der Waals surface area contributed by atoms with Crippen LogP contribution in [0.3, 0.4) is 0 Å². The topological polar surface area (TPSA) is 62.6 Å². The molecule has 1 heterocycles. The van der Waals surface area contributed by atoms with Crippen LogP contribution in [0.2, 0.25) is 0 Å². The van der Waals surface area contributed by atoms with Gasteiger partial charge in [0.25, 0.3) is 0 Å². The lowest BCUT2D eigenvalue weighted by Gasteiger charge is -2.26. The number of nitrogens with one attached hydrogen (secondary N) is 1. The molecule has 0 bridgehead atoms. The third kappa shape index (κ3) is 4.31. The van der Waals surface area contributed by atoms with Crippen LogP contribution in [0.1, 0.15) is 44.8 Å². The monoisotopic (exact) mass is 316 g/mol. The molecular formula is C15H28N2O3S. The molecule has 1 N–H and O–H groups in total. The molecule has 0 aliphatic carbocycles. The molecule has 0 radical (unpaired) electrons. The first-order valence-corrected chi connectivity index (χ1v) is 8.70. The molecule has 0 unspecified atom stereocenters. The number of furan rings is 1. The van der Waals surface area contributed by atoms with Gasteiger partial charge in [-0.2, -0.15) is 0 Å². The summed E-state index contributed by atoms with van der Waals surface area (Å²) >= 11 is 0. The van der Waals surface area contributed by atoms with Crippen LogP contribution in [0.4, 0.5) is 0 Å². The molecule has 0 aromatic carbocycles. The molecule has 0 atom stereocenters. The zero-order valence-corrected chi connectivity index (χ0v) is 15.0. The molecule has 5 nitrogen and oxygen atoms in total. The lowest BCUT2D eigenvalue weighted by Crippen LogP contribution is -2.35. The Morgan fingerprint density at radius 2 is 1.76 bits per heavy atom. The fraction of sp³-hybridized carbons (Fsp3) is 0.733. The van der Waals surface area contributed by atoms with E-state index < -0.39 is 10.0 Å². The van der Waals surface area contributed by atoms with Gasteiger partial charge in [0.1, 0.15) is 16.4 Å². The third-order valence-electron chi connectivity index (χ3n) is 3.24.